The Morgan fingerprint density at radius 1 is 0.741 bits per heavy atom. The van der Waals surface area contributed by atoms with E-state index in [0.29, 0.717) is 23.5 Å². The molecule has 27 heavy (non-hydrogen) atoms. The molecule has 0 saturated heterocycles. The molecule has 2 aromatic carbocycles. The monoisotopic (exact) mass is 362 g/mol. The molecule has 0 saturated carbocycles. The summed E-state index contributed by atoms with van der Waals surface area (Å²) in [5.41, 5.74) is 1.13. The number of benzene rings is 2. The third-order valence-electron chi connectivity index (χ3n) is 4.94. The van der Waals surface area contributed by atoms with Crippen LogP contribution in [0.1, 0.15) is 82.3 Å². The predicted octanol–water partition coefficient (Wildman–Crippen LogP) is 6.88. The molecule has 0 unspecified atom stereocenters. The van der Waals surface area contributed by atoms with Crippen molar-refractivity contribution in [1.82, 2.24) is 0 Å². The Labute approximate surface area is 163 Å². The molecule has 0 radical (unpaired) electrons. The molecule has 0 N–H and O–H groups in total. The van der Waals surface area contributed by atoms with Crippen LogP contribution in [0.2, 0.25) is 0 Å². The molecule has 0 amide bonds. The summed E-state index contributed by atoms with van der Waals surface area (Å²) in [6.45, 7) is 2.90. The van der Waals surface area contributed by atoms with E-state index in [1.165, 1.54) is 57.8 Å². The summed E-state index contributed by atoms with van der Waals surface area (Å²) in [5.74, 6) is 0.644. The molecule has 0 heterocycles. The summed E-state index contributed by atoms with van der Waals surface area (Å²) < 4.78 is 5.88. The number of nitriles is 2. The summed E-state index contributed by atoms with van der Waals surface area (Å²) in [5, 5.41) is 20.3. The standard InChI is InChI=1S/C24H30N2O/c1-2-3-4-5-6-7-8-9-10-11-14-27-24-17-21-13-12-20(18-25)15-22(21)16-23(24)19-26/h12-13,15-17H,2-11,14H2,1H3. The van der Waals surface area contributed by atoms with E-state index in [1.54, 1.807) is 6.07 Å². The molecule has 0 aliphatic rings. The fourth-order valence-corrected chi connectivity index (χ4v) is 3.32. The first-order valence-corrected chi connectivity index (χ1v) is 10.3. The Morgan fingerprint density at radius 2 is 1.41 bits per heavy atom. The lowest BCUT2D eigenvalue weighted by Gasteiger charge is -2.10. The predicted molar refractivity (Wildman–Crippen MR) is 111 cm³/mol. The molecule has 0 spiro atoms. The first-order chi connectivity index (χ1) is 13.3. The Morgan fingerprint density at radius 3 is 2.04 bits per heavy atom. The molecule has 0 atom stereocenters. The molecule has 2 rings (SSSR count). The van der Waals surface area contributed by atoms with Crippen molar-refractivity contribution in [2.45, 2.75) is 71.1 Å². The van der Waals surface area contributed by atoms with Crippen LogP contribution in [0, 0.1) is 22.7 Å². The number of unbranched alkanes of at least 4 members (excludes halogenated alkanes) is 9. The second-order valence-electron chi connectivity index (χ2n) is 7.16. The van der Waals surface area contributed by atoms with Gasteiger partial charge in [-0.3, -0.25) is 0 Å². The summed E-state index contributed by atoms with van der Waals surface area (Å²) in [6.07, 6.45) is 12.9. The first-order valence-electron chi connectivity index (χ1n) is 10.3. The molecule has 2 aromatic rings. The van der Waals surface area contributed by atoms with Crippen LogP contribution in [0.5, 0.6) is 5.75 Å². The van der Waals surface area contributed by atoms with Gasteiger partial charge in [0.05, 0.1) is 23.8 Å². The third-order valence-corrected chi connectivity index (χ3v) is 4.94. The van der Waals surface area contributed by atoms with Gasteiger partial charge in [-0.1, -0.05) is 70.8 Å². The minimum atomic E-state index is 0.532. The maximum atomic E-state index is 9.39. The van der Waals surface area contributed by atoms with Gasteiger partial charge in [-0.05, 0) is 41.5 Å². The number of fused-ring (bicyclic) bond motifs is 1. The Bertz CT molecular complexity index is 798. The normalized spacial score (nSPS) is 10.5. The molecule has 0 aromatic heterocycles. The number of ether oxygens (including phenoxy) is 1. The lowest BCUT2D eigenvalue weighted by molar-refractivity contribution is 0.304. The molecule has 0 bridgehead atoms. The largest absolute Gasteiger partial charge is 0.492 e. The highest BCUT2D eigenvalue weighted by atomic mass is 16.5. The molecule has 3 heteroatoms. The molecular formula is C24H30N2O. The SMILES string of the molecule is CCCCCCCCCCCCOc1cc2ccc(C#N)cc2cc1C#N. The molecule has 0 aliphatic heterocycles. The van der Waals surface area contributed by atoms with Gasteiger partial charge in [-0.15, -0.1) is 0 Å². The number of hydrogen-bond acceptors (Lipinski definition) is 3. The van der Waals surface area contributed by atoms with Crippen molar-refractivity contribution >= 4 is 10.8 Å². The van der Waals surface area contributed by atoms with Crippen molar-refractivity contribution in [3.8, 4) is 17.9 Å². The van der Waals surface area contributed by atoms with Crippen molar-refractivity contribution in [3.63, 3.8) is 0 Å². The zero-order chi connectivity index (χ0) is 19.3. The van der Waals surface area contributed by atoms with E-state index in [-0.39, 0.29) is 0 Å². The summed E-state index contributed by atoms with van der Waals surface area (Å²) >= 11 is 0. The average molecular weight is 363 g/mol. The van der Waals surface area contributed by atoms with Gasteiger partial charge >= 0.3 is 0 Å². The minimum Gasteiger partial charge on any atom is -0.492 e. The minimum absolute atomic E-state index is 0.532. The lowest BCUT2D eigenvalue weighted by Crippen LogP contribution is -1.99. The van der Waals surface area contributed by atoms with E-state index in [9.17, 15) is 5.26 Å². The first kappa shape index (κ1) is 20.8. The van der Waals surface area contributed by atoms with Crippen molar-refractivity contribution in [1.29, 1.82) is 10.5 Å². The van der Waals surface area contributed by atoms with Gasteiger partial charge in [0.1, 0.15) is 11.8 Å². The highest BCUT2D eigenvalue weighted by Gasteiger charge is 2.07. The van der Waals surface area contributed by atoms with Crippen LogP contribution < -0.4 is 4.74 Å². The van der Waals surface area contributed by atoms with Crippen LogP contribution in [0.4, 0.5) is 0 Å². The van der Waals surface area contributed by atoms with Gasteiger partial charge < -0.3 is 4.74 Å². The summed E-state index contributed by atoms with van der Waals surface area (Å²) in [6, 6.07) is 13.6. The molecule has 0 aliphatic carbocycles. The van der Waals surface area contributed by atoms with Crippen LogP contribution in [-0.2, 0) is 0 Å². The van der Waals surface area contributed by atoms with Crippen LogP contribution in [0.25, 0.3) is 10.8 Å². The molecule has 3 nitrogen and oxygen atoms in total. The highest BCUT2D eigenvalue weighted by Crippen LogP contribution is 2.26. The van der Waals surface area contributed by atoms with E-state index in [4.69, 9.17) is 10.00 Å². The van der Waals surface area contributed by atoms with Crippen LogP contribution >= 0.6 is 0 Å². The Balaban J connectivity index is 1.72. The fraction of sp³-hybridized carbons (Fsp3) is 0.500. The Kier molecular flexibility index (Phi) is 9.22. The van der Waals surface area contributed by atoms with Gasteiger partial charge in [-0.2, -0.15) is 10.5 Å². The average Bonchev–Trinajstić information content (AvgIpc) is 2.70. The van der Waals surface area contributed by atoms with Crippen molar-refractivity contribution < 1.29 is 4.74 Å². The van der Waals surface area contributed by atoms with E-state index in [2.05, 4.69) is 19.1 Å². The fourth-order valence-electron chi connectivity index (χ4n) is 3.32. The lowest BCUT2D eigenvalue weighted by atomic mass is 10.0. The Hall–Kier alpha value is -2.52. The maximum absolute atomic E-state index is 9.39. The van der Waals surface area contributed by atoms with Crippen molar-refractivity contribution in [2.24, 2.45) is 0 Å². The summed E-state index contributed by atoms with van der Waals surface area (Å²) in [4.78, 5) is 0. The zero-order valence-corrected chi connectivity index (χ0v) is 16.5. The van der Waals surface area contributed by atoms with Gasteiger partial charge in [0.25, 0.3) is 0 Å². The van der Waals surface area contributed by atoms with Crippen LogP contribution in [-0.4, -0.2) is 6.61 Å². The van der Waals surface area contributed by atoms with Gasteiger partial charge in [0, 0.05) is 0 Å². The topological polar surface area (TPSA) is 56.8 Å². The van der Waals surface area contributed by atoms with Crippen LogP contribution in [0.3, 0.4) is 0 Å². The van der Waals surface area contributed by atoms with Crippen molar-refractivity contribution in [2.75, 3.05) is 6.61 Å². The quantitative estimate of drug-likeness (QED) is 0.386. The van der Waals surface area contributed by atoms with E-state index >= 15 is 0 Å². The number of nitrogens with zero attached hydrogens (tertiary/aromatic N) is 2. The third kappa shape index (κ3) is 6.95. The second kappa shape index (κ2) is 12.0. The van der Waals surface area contributed by atoms with Gasteiger partial charge in [0.2, 0.25) is 0 Å². The van der Waals surface area contributed by atoms with E-state index in [1.807, 2.05) is 24.3 Å². The van der Waals surface area contributed by atoms with E-state index < -0.39 is 0 Å². The number of rotatable bonds is 12. The van der Waals surface area contributed by atoms with Gasteiger partial charge in [-0.25, -0.2) is 0 Å². The van der Waals surface area contributed by atoms with Crippen LogP contribution in [0.15, 0.2) is 30.3 Å². The maximum Gasteiger partial charge on any atom is 0.137 e. The molecular weight excluding hydrogens is 332 g/mol. The molecule has 142 valence electrons. The summed E-state index contributed by atoms with van der Waals surface area (Å²) in [7, 11) is 0. The van der Waals surface area contributed by atoms with Crippen molar-refractivity contribution in [3.05, 3.63) is 41.5 Å². The number of hydrogen-bond donors (Lipinski definition) is 0. The highest BCUT2D eigenvalue weighted by molar-refractivity contribution is 5.87. The smallest absolute Gasteiger partial charge is 0.137 e. The van der Waals surface area contributed by atoms with Gasteiger partial charge in [0.15, 0.2) is 0 Å². The second-order valence-corrected chi connectivity index (χ2v) is 7.16. The molecule has 0 fully saturated rings. The zero-order valence-electron chi connectivity index (χ0n) is 16.5. The van der Waals surface area contributed by atoms with E-state index in [0.717, 1.165) is 17.2 Å².